The lowest BCUT2D eigenvalue weighted by molar-refractivity contribution is 0.0978. The smallest absolute Gasteiger partial charge is 0.281 e. The monoisotopic (exact) mass is 554 g/mol. The van der Waals surface area contributed by atoms with Gasteiger partial charge in [-0.25, -0.2) is 14.1 Å². The van der Waals surface area contributed by atoms with E-state index in [-0.39, 0.29) is 28.2 Å². The molecule has 8 nitrogen and oxygen atoms in total. The van der Waals surface area contributed by atoms with Gasteiger partial charge in [0, 0.05) is 17.5 Å². The van der Waals surface area contributed by atoms with E-state index in [9.17, 15) is 17.6 Å². The molecule has 0 saturated heterocycles. The summed E-state index contributed by atoms with van der Waals surface area (Å²) in [5.74, 6) is 0.169. The summed E-state index contributed by atoms with van der Waals surface area (Å²) in [6.45, 7) is 8.77. The van der Waals surface area contributed by atoms with Crippen LogP contribution in [0.5, 0.6) is 5.75 Å². The van der Waals surface area contributed by atoms with Gasteiger partial charge in [0.2, 0.25) is 0 Å². The zero-order valence-electron chi connectivity index (χ0n) is 22.6. The molecule has 1 aromatic carbocycles. The number of aromatic nitrogens is 2. The molecule has 0 bridgehead atoms. The molecule has 0 spiro atoms. The number of nitrogens with one attached hydrogen (secondary N) is 1. The molecule has 39 heavy (non-hydrogen) atoms. The summed E-state index contributed by atoms with van der Waals surface area (Å²) in [4.78, 5) is 22.1. The summed E-state index contributed by atoms with van der Waals surface area (Å²) in [5.41, 5.74) is 7.27. The van der Waals surface area contributed by atoms with Gasteiger partial charge in [-0.05, 0) is 73.4 Å². The third kappa shape index (κ3) is 7.11. The predicted octanol–water partition coefficient (Wildman–Crippen LogP) is 5.56. The lowest BCUT2D eigenvalue weighted by atomic mass is 9.74. The molecule has 3 atom stereocenters. The first-order chi connectivity index (χ1) is 18.4. The van der Waals surface area contributed by atoms with Crippen LogP contribution in [0.3, 0.4) is 0 Å². The second-order valence-electron chi connectivity index (χ2n) is 11.0. The van der Waals surface area contributed by atoms with Gasteiger partial charge in [-0.3, -0.25) is 9.78 Å². The number of hydrogen-bond donors (Lipinski definition) is 2. The predicted molar refractivity (Wildman–Crippen MR) is 148 cm³/mol. The van der Waals surface area contributed by atoms with Gasteiger partial charge in [0.05, 0.1) is 23.6 Å². The number of amides is 1. The maximum atomic E-state index is 14.5. The Morgan fingerprint density at radius 3 is 2.46 bits per heavy atom. The van der Waals surface area contributed by atoms with Gasteiger partial charge in [-0.1, -0.05) is 33.8 Å². The minimum absolute atomic E-state index is 0.0223. The van der Waals surface area contributed by atoms with Crippen LogP contribution >= 0.6 is 0 Å². The van der Waals surface area contributed by atoms with Crippen molar-refractivity contribution in [2.45, 2.75) is 57.9 Å². The van der Waals surface area contributed by atoms with Crippen molar-refractivity contribution in [1.82, 2.24) is 14.7 Å². The first-order valence-corrected chi connectivity index (χ1v) is 14.6. The van der Waals surface area contributed by atoms with Gasteiger partial charge in [0.15, 0.2) is 5.03 Å². The Bertz CT molecular complexity index is 1450. The number of benzene rings is 1. The normalized spacial score (nSPS) is 19.6. The summed E-state index contributed by atoms with van der Waals surface area (Å²) in [6, 6.07) is 11.7. The SMILES string of the molecule is CC(C)COc1cc(F)cc(-c2ccc(C(=O)NS(=O)(=O)c3cccc(N)n3)c(C3C[C@@H](C)C[C@@H](C)C3)n2)c1. The van der Waals surface area contributed by atoms with E-state index in [4.69, 9.17) is 15.5 Å². The minimum Gasteiger partial charge on any atom is -0.493 e. The Morgan fingerprint density at radius 1 is 1.08 bits per heavy atom. The van der Waals surface area contributed by atoms with Crippen LogP contribution in [0.25, 0.3) is 11.3 Å². The molecule has 208 valence electrons. The molecule has 1 saturated carbocycles. The zero-order valence-corrected chi connectivity index (χ0v) is 23.5. The van der Waals surface area contributed by atoms with Gasteiger partial charge in [-0.15, -0.1) is 0 Å². The largest absolute Gasteiger partial charge is 0.493 e. The summed E-state index contributed by atoms with van der Waals surface area (Å²) >= 11 is 0. The van der Waals surface area contributed by atoms with Crippen molar-refractivity contribution in [3.8, 4) is 17.0 Å². The van der Waals surface area contributed by atoms with Gasteiger partial charge < -0.3 is 10.5 Å². The first-order valence-electron chi connectivity index (χ1n) is 13.2. The highest BCUT2D eigenvalue weighted by atomic mass is 32.2. The second-order valence-corrected chi connectivity index (χ2v) is 12.6. The van der Waals surface area contributed by atoms with E-state index in [1.165, 1.54) is 30.3 Å². The molecular formula is C29H35FN4O4S. The molecule has 4 rings (SSSR count). The lowest BCUT2D eigenvalue weighted by Crippen LogP contribution is -2.33. The van der Waals surface area contributed by atoms with E-state index in [1.54, 1.807) is 18.2 Å². The van der Waals surface area contributed by atoms with Crippen molar-refractivity contribution in [2.24, 2.45) is 17.8 Å². The minimum atomic E-state index is -4.27. The molecule has 0 radical (unpaired) electrons. The average molecular weight is 555 g/mol. The van der Waals surface area contributed by atoms with Crippen LogP contribution in [0.15, 0.2) is 53.6 Å². The summed E-state index contributed by atoms with van der Waals surface area (Å²) in [6.07, 6.45) is 2.67. The number of rotatable bonds is 8. The average Bonchev–Trinajstić information content (AvgIpc) is 2.86. The number of nitrogen functional groups attached to an aromatic ring is 1. The molecule has 10 heteroatoms. The fourth-order valence-electron chi connectivity index (χ4n) is 5.18. The molecule has 2 heterocycles. The van der Waals surface area contributed by atoms with Crippen LogP contribution in [0.1, 0.15) is 68.9 Å². The third-order valence-corrected chi connectivity index (χ3v) is 7.96. The number of sulfonamides is 1. The van der Waals surface area contributed by atoms with Crippen molar-refractivity contribution >= 4 is 21.7 Å². The topological polar surface area (TPSA) is 124 Å². The molecule has 1 unspecified atom stereocenters. The standard InChI is InChI=1S/C29H35FN4O4S/c1-17(2)16-38-23-14-20(13-22(30)15-23)25-9-8-24(28(32-25)21-11-18(3)10-19(4)12-21)29(35)34-39(36,37)27-7-5-6-26(31)33-27/h5-9,13-15,17-19,21H,10-12,16H2,1-4H3,(H2,31,33)(H,34,35)/t18-,19+,21?. The van der Waals surface area contributed by atoms with Crippen molar-refractivity contribution in [1.29, 1.82) is 0 Å². The molecule has 1 amide bonds. The van der Waals surface area contributed by atoms with E-state index in [0.717, 1.165) is 19.3 Å². The van der Waals surface area contributed by atoms with Crippen LogP contribution in [0.2, 0.25) is 0 Å². The fourth-order valence-corrected chi connectivity index (χ4v) is 6.12. The third-order valence-electron chi connectivity index (χ3n) is 6.73. The molecule has 1 aliphatic carbocycles. The van der Waals surface area contributed by atoms with E-state index in [0.29, 0.717) is 41.1 Å². The lowest BCUT2D eigenvalue weighted by Gasteiger charge is -2.32. The van der Waals surface area contributed by atoms with Crippen LogP contribution in [0.4, 0.5) is 10.2 Å². The number of pyridine rings is 2. The number of nitrogens with two attached hydrogens (primary N) is 1. The molecule has 1 aliphatic rings. The number of ether oxygens (including phenoxy) is 1. The summed E-state index contributed by atoms with van der Waals surface area (Å²) in [5, 5.41) is -0.351. The van der Waals surface area contributed by atoms with Crippen LogP contribution in [0, 0.1) is 23.6 Å². The Kier molecular flexibility index (Phi) is 8.54. The highest BCUT2D eigenvalue weighted by molar-refractivity contribution is 7.90. The van der Waals surface area contributed by atoms with Crippen molar-refractivity contribution in [3.05, 3.63) is 65.6 Å². The number of hydrogen-bond acceptors (Lipinski definition) is 7. The van der Waals surface area contributed by atoms with Gasteiger partial charge >= 0.3 is 0 Å². The quantitative estimate of drug-likeness (QED) is 0.374. The van der Waals surface area contributed by atoms with Gasteiger partial charge in [0.1, 0.15) is 17.4 Å². The highest BCUT2D eigenvalue weighted by Gasteiger charge is 2.31. The Morgan fingerprint density at radius 2 is 1.79 bits per heavy atom. The molecule has 1 fully saturated rings. The van der Waals surface area contributed by atoms with Crippen LogP contribution in [-0.4, -0.2) is 30.9 Å². The van der Waals surface area contributed by atoms with E-state index >= 15 is 0 Å². The number of carbonyl (C=O) groups excluding carboxylic acids is 1. The maximum Gasteiger partial charge on any atom is 0.281 e. The van der Waals surface area contributed by atoms with Gasteiger partial charge in [0.25, 0.3) is 15.9 Å². The number of anilines is 1. The van der Waals surface area contributed by atoms with E-state index in [1.807, 2.05) is 13.8 Å². The van der Waals surface area contributed by atoms with Crippen LogP contribution < -0.4 is 15.2 Å². The molecule has 3 N–H and O–H groups in total. The van der Waals surface area contributed by atoms with E-state index in [2.05, 4.69) is 23.6 Å². The Labute approximate surface area is 229 Å². The Hall–Kier alpha value is -3.53. The first kappa shape index (κ1) is 28.5. The molecule has 0 aliphatic heterocycles. The zero-order chi connectivity index (χ0) is 28.3. The van der Waals surface area contributed by atoms with Crippen molar-refractivity contribution < 1.29 is 22.3 Å². The molecule has 2 aromatic heterocycles. The van der Waals surface area contributed by atoms with Gasteiger partial charge in [-0.2, -0.15) is 8.42 Å². The summed E-state index contributed by atoms with van der Waals surface area (Å²) in [7, 11) is -4.27. The fraction of sp³-hybridized carbons (Fsp3) is 0.414. The second kappa shape index (κ2) is 11.7. The maximum absolute atomic E-state index is 14.5. The Balaban J connectivity index is 1.73. The molecule has 3 aromatic rings. The number of halogens is 1. The molecular weight excluding hydrogens is 519 g/mol. The summed E-state index contributed by atoms with van der Waals surface area (Å²) < 4.78 is 48.2. The van der Waals surface area contributed by atoms with Crippen molar-refractivity contribution in [3.63, 3.8) is 0 Å². The van der Waals surface area contributed by atoms with Crippen molar-refractivity contribution in [2.75, 3.05) is 12.3 Å². The number of nitrogens with zero attached hydrogens (tertiary/aromatic N) is 2. The highest BCUT2D eigenvalue weighted by Crippen LogP contribution is 2.40. The van der Waals surface area contributed by atoms with E-state index < -0.39 is 21.7 Å². The van der Waals surface area contributed by atoms with Crippen LogP contribution in [-0.2, 0) is 10.0 Å². The number of carbonyl (C=O) groups is 1.